The molecule has 0 saturated carbocycles. The van der Waals surface area contributed by atoms with Crippen LogP contribution in [-0.4, -0.2) is 9.97 Å². The number of nitrogens with one attached hydrogen (secondary N) is 1. The van der Waals surface area contributed by atoms with Crippen molar-refractivity contribution in [3.05, 3.63) is 58.7 Å². The number of pyridine rings is 1. The van der Waals surface area contributed by atoms with Crippen LogP contribution in [0.5, 0.6) is 0 Å². The summed E-state index contributed by atoms with van der Waals surface area (Å²) < 4.78 is 0. The van der Waals surface area contributed by atoms with E-state index in [-0.39, 0.29) is 0 Å². The number of nitrogens with zero attached hydrogens (tertiary/aromatic N) is 2. The Kier molecular flexibility index (Phi) is 3.67. The highest BCUT2D eigenvalue weighted by atomic mass is 35.5. The zero-order valence-electron chi connectivity index (χ0n) is 10.8. The summed E-state index contributed by atoms with van der Waals surface area (Å²) in [7, 11) is 0. The SMILES string of the molecule is Cc1ccncc1-c1csc(Nc2cccc(Cl)c2)n1. The Hall–Kier alpha value is -1.91. The van der Waals surface area contributed by atoms with E-state index in [0.717, 1.165) is 22.1 Å². The number of anilines is 2. The van der Waals surface area contributed by atoms with Crippen molar-refractivity contribution in [3.8, 4) is 11.3 Å². The van der Waals surface area contributed by atoms with Gasteiger partial charge in [-0.25, -0.2) is 4.98 Å². The molecule has 1 N–H and O–H groups in total. The van der Waals surface area contributed by atoms with E-state index in [0.29, 0.717) is 5.02 Å². The van der Waals surface area contributed by atoms with Crippen LogP contribution >= 0.6 is 22.9 Å². The van der Waals surface area contributed by atoms with Crippen molar-refractivity contribution in [2.75, 3.05) is 5.32 Å². The van der Waals surface area contributed by atoms with Crippen LogP contribution in [-0.2, 0) is 0 Å². The number of halogens is 1. The predicted octanol–water partition coefficient (Wildman–Crippen LogP) is 4.91. The Morgan fingerprint density at radius 1 is 1.25 bits per heavy atom. The number of hydrogen-bond donors (Lipinski definition) is 1. The van der Waals surface area contributed by atoms with Gasteiger partial charge in [0.05, 0.1) is 5.69 Å². The monoisotopic (exact) mass is 301 g/mol. The van der Waals surface area contributed by atoms with Gasteiger partial charge in [-0.05, 0) is 36.8 Å². The maximum absolute atomic E-state index is 5.97. The Morgan fingerprint density at radius 3 is 2.95 bits per heavy atom. The Labute approximate surface area is 126 Å². The van der Waals surface area contributed by atoms with Crippen molar-refractivity contribution in [1.82, 2.24) is 9.97 Å². The summed E-state index contributed by atoms with van der Waals surface area (Å²) >= 11 is 7.53. The van der Waals surface area contributed by atoms with Gasteiger partial charge < -0.3 is 5.32 Å². The Balaban J connectivity index is 1.86. The number of hydrogen-bond acceptors (Lipinski definition) is 4. The molecule has 100 valence electrons. The molecule has 0 fully saturated rings. The smallest absolute Gasteiger partial charge is 0.187 e. The summed E-state index contributed by atoms with van der Waals surface area (Å²) in [5.74, 6) is 0. The van der Waals surface area contributed by atoms with Crippen molar-refractivity contribution >= 4 is 33.8 Å². The molecule has 2 heterocycles. The zero-order valence-corrected chi connectivity index (χ0v) is 12.4. The lowest BCUT2D eigenvalue weighted by atomic mass is 10.1. The number of rotatable bonds is 3. The predicted molar refractivity (Wildman–Crippen MR) is 84.8 cm³/mol. The highest BCUT2D eigenvalue weighted by Crippen LogP contribution is 2.29. The van der Waals surface area contributed by atoms with Gasteiger partial charge in [-0.2, -0.15) is 0 Å². The molecule has 0 bridgehead atoms. The second-order valence-corrected chi connectivity index (χ2v) is 5.66. The molecule has 0 spiro atoms. The molecule has 0 aliphatic rings. The molecule has 2 aromatic heterocycles. The minimum atomic E-state index is 0.704. The molecule has 3 nitrogen and oxygen atoms in total. The van der Waals surface area contributed by atoms with Gasteiger partial charge in [0.1, 0.15) is 0 Å². The van der Waals surface area contributed by atoms with Crippen LogP contribution in [0.15, 0.2) is 48.1 Å². The summed E-state index contributed by atoms with van der Waals surface area (Å²) in [6.07, 6.45) is 3.63. The molecule has 0 aliphatic heterocycles. The fraction of sp³-hybridized carbons (Fsp3) is 0.0667. The maximum atomic E-state index is 5.97. The van der Waals surface area contributed by atoms with Crippen molar-refractivity contribution in [3.63, 3.8) is 0 Å². The highest BCUT2D eigenvalue weighted by molar-refractivity contribution is 7.14. The van der Waals surface area contributed by atoms with E-state index in [1.807, 2.05) is 41.9 Å². The maximum Gasteiger partial charge on any atom is 0.187 e. The van der Waals surface area contributed by atoms with Gasteiger partial charge in [0.25, 0.3) is 0 Å². The number of benzene rings is 1. The fourth-order valence-corrected chi connectivity index (χ4v) is 2.80. The Bertz CT molecular complexity index is 739. The second-order valence-electron chi connectivity index (χ2n) is 4.36. The lowest BCUT2D eigenvalue weighted by molar-refractivity contribution is 1.26. The Morgan fingerprint density at radius 2 is 2.15 bits per heavy atom. The molecule has 0 saturated heterocycles. The van der Waals surface area contributed by atoms with E-state index in [1.54, 1.807) is 17.5 Å². The molecular weight excluding hydrogens is 290 g/mol. The van der Waals surface area contributed by atoms with E-state index in [2.05, 4.69) is 22.2 Å². The molecule has 0 aliphatic carbocycles. The van der Waals surface area contributed by atoms with Crippen LogP contribution in [0.1, 0.15) is 5.56 Å². The van der Waals surface area contributed by atoms with Gasteiger partial charge in [0.15, 0.2) is 5.13 Å². The van der Waals surface area contributed by atoms with Gasteiger partial charge in [-0.15, -0.1) is 11.3 Å². The van der Waals surface area contributed by atoms with Gasteiger partial charge in [-0.1, -0.05) is 17.7 Å². The minimum Gasteiger partial charge on any atom is -0.331 e. The first-order valence-electron chi connectivity index (χ1n) is 6.11. The lowest BCUT2D eigenvalue weighted by Crippen LogP contribution is -1.90. The summed E-state index contributed by atoms with van der Waals surface area (Å²) in [5.41, 5.74) is 4.09. The van der Waals surface area contributed by atoms with Gasteiger partial charge in [-0.3, -0.25) is 4.98 Å². The molecule has 0 unspecified atom stereocenters. The first kappa shape index (κ1) is 13.1. The molecule has 3 aromatic rings. The third-order valence-electron chi connectivity index (χ3n) is 2.90. The largest absolute Gasteiger partial charge is 0.331 e. The van der Waals surface area contributed by atoms with E-state index in [1.165, 1.54) is 5.56 Å². The number of aromatic nitrogens is 2. The zero-order chi connectivity index (χ0) is 13.9. The van der Waals surface area contributed by atoms with Crippen molar-refractivity contribution < 1.29 is 0 Å². The standard InChI is InChI=1S/C15H12ClN3S/c1-10-5-6-17-8-13(10)14-9-20-15(19-14)18-12-4-2-3-11(16)7-12/h2-9H,1H3,(H,18,19). The van der Waals surface area contributed by atoms with Crippen LogP contribution < -0.4 is 5.32 Å². The molecule has 1 aromatic carbocycles. The average Bonchev–Trinajstić information content (AvgIpc) is 2.87. The molecule has 0 amide bonds. The van der Waals surface area contributed by atoms with E-state index in [9.17, 15) is 0 Å². The van der Waals surface area contributed by atoms with Crippen LogP contribution in [0, 0.1) is 6.92 Å². The van der Waals surface area contributed by atoms with E-state index >= 15 is 0 Å². The minimum absolute atomic E-state index is 0.704. The van der Waals surface area contributed by atoms with Crippen molar-refractivity contribution in [2.45, 2.75) is 6.92 Å². The quantitative estimate of drug-likeness (QED) is 0.747. The van der Waals surface area contributed by atoms with E-state index in [4.69, 9.17) is 11.6 Å². The number of aryl methyl sites for hydroxylation is 1. The molecule has 0 atom stereocenters. The molecule has 0 radical (unpaired) electrons. The van der Waals surface area contributed by atoms with Gasteiger partial charge in [0, 0.05) is 34.0 Å². The van der Waals surface area contributed by atoms with E-state index < -0.39 is 0 Å². The van der Waals surface area contributed by atoms with Crippen LogP contribution in [0.4, 0.5) is 10.8 Å². The van der Waals surface area contributed by atoms with Crippen LogP contribution in [0.25, 0.3) is 11.3 Å². The third-order valence-corrected chi connectivity index (χ3v) is 3.89. The average molecular weight is 302 g/mol. The van der Waals surface area contributed by atoms with Gasteiger partial charge in [0.2, 0.25) is 0 Å². The van der Waals surface area contributed by atoms with Crippen LogP contribution in [0.2, 0.25) is 5.02 Å². The molecule has 3 rings (SSSR count). The fourth-order valence-electron chi connectivity index (χ4n) is 1.88. The summed E-state index contributed by atoms with van der Waals surface area (Å²) in [6, 6.07) is 9.57. The normalized spacial score (nSPS) is 10.5. The third kappa shape index (κ3) is 2.81. The summed E-state index contributed by atoms with van der Waals surface area (Å²) in [6.45, 7) is 2.06. The van der Waals surface area contributed by atoms with Crippen LogP contribution in [0.3, 0.4) is 0 Å². The molecule has 5 heteroatoms. The second kappa shape index (κ2) is 5.61. The molecular formula is C15H12ClN3S. The summed E-state index contributed by atoms with van der Waals surface area (Å²) in [5, 5.41) is 6.82. The first-order valence-corrected chi connectivity index (χ1v) is 7.37. The highest BCUT2D eigenvalue weighted by Gasteiger charge is 2.07. The lowest BCUT2D eigenvalue weighted by Gasteiger charge is -2.03. The summed E-state index contributed by atoms with van der Waals surface area (Å²) in [4.78, 5) is 8.74. The van der Waals surface area contributed by atoms with Crippen molar-refractivity contribution in [2.24, 2.45) is 0 Å². The van der Waals surface area contributed by atoms with Crippen molar-refractivity contribution in [1.29, 1.82) is 0 Å². The topological polar surface area (TPSA) is 37.8 Å². The first-order chi connectivity index (χ1) is 9.72. The van der Waals surface area contributed by atoms with Gasteiger partial charge >= 0.3 is 0 Å². The molecule has 20 heavy (non-hydrogen) atoms. The number of thiazole rings is 1.